The quantitative estimate of drug-likeness (QED) is 0.782. The number of amides is 1. The molecule has 3 nitrogen and oxygen atoms in total. The van der Waals surface area contributed by atoms with Gasteiger partial charge in [-0.2, -0.15) is 0 Å². The van der Waals surface area contributed by atoms with Crippen LogP contribution in [-0.2, 0) is 30.6 Å². The van der Waals surface area contributed by atoms with Crippen molar-refractivity contribution < 1.29 is 4.79 Å². The second-order valence-corrected chi connectivity index (χ2v) is 9.18. The SMILES string of the molecule is O=C(CCC1CCN(C2Cc3ccccc3C2)CC1)N1CCc2ccccc2C1. The molecule has 3 aliphatic rings. The van der Waals surface area contributed by atoms with Crippen molar-refractivity contribution in [3.63, 3.8) is 0 Å². The number of hydrogen-bond acceptors (Lipinski definition) is 2. The van der Waals surface area contributed by atoms with Crippen LogP contribution in [0.15, 0.2) is 48.5 Å². The highest BCUT2D eigenvalue weighted by Crippen LogP contribution is 2.30. The normalized spacial score (nSPS) is 20.5. The van der Waals surface area contributed by atoms with Gasteiger partial charge in [-0.3, -0.25) is 9.69 Å². The molecular formula is C26H32N2O. The average Bonchev–Trinajstić information content (AvgIpc) is 3.22. The van der Waals surface area contributed by atoms with Crippen LogP contribution in [0.5, 0.6) is 0 Å². The van der Waals surface area contributed by atoms with Gasteiger partial charge in [-0.05, 0) is 79.8 Å². The van der Waals surface area contributed by atoms with Gasteiger partial charge in [0.15, 0.2) is 0 Å². The van der Waals surface area contributed by atoms with Crippen LogP contribution < -0.4 is 0 Å². The molecule has 0 saturated carbocycles. The van der Waals surface area contributed by atoms with Crippen molar-refractivity contribution in [3.8, 4) is 0 Å². The Hall–Kier alpha value is -2.13. The van der Waals surface area contributed by atoms with Crippen molar-refractivity contribution in [1.82, 2.24) is 9.80 Å². The first-order valence-electron chi connectivity index (χ1n) is 11.4. The van der Waals surface area contributed by atoms with E-state index in [0.29, 0.717) is 11.9 Å². The fraction of sp³-hybridized carbons (Fsp3) is 0.500. The molecule has 0 atom stereocenters. The number of nitrogens with zero attached hydrogens (tertiary/aromatic N) is 2. The molecule has 0 unspecified atom stereocenters. The first kappa shape index (κ1) is 18.9. The Morgan fingerprint density at radius 3 is 2.14 bits per heavy atom. The van der Waals surface area contributed by atoms with E-state index >= 15 is 0 Å². The Morgan fingerprint density at radius 1 is 0.828 bits per heavy atom. The molecule has 0 spiro atoms. The van der Waals surface area contributed by atoms with E-state index in [-0.39, 0.29) is 0 Å². The molecule has 0 aromatic heterocycles. The van der Waals surface area contributed by atoms with Crippen molar-refractivity contribution in [2.24, 2.45) is 5.92 Å². The summed E-state index contributed by atoms with van der Waals surface area (Å²) in [5, 5.41) is 0. The Labute approximate surface area is 174 Å². The molecule has 1 saturated heterocycles. The second kappa shape index (κ2) is 8.31. The maximum Gasteiger partial charge on any atom is 0.222 e. The number of carbonyl (C=O) groups is 1. The standard InChI is InChI=1S/C26H32N2O/c29-26(28-16-13-21-5-1-4-8-24(21)19-28)10-9-20-11-14-27(15-12-20)25-17-22-6-2-3-7-23(22)18-25/h1-8,20,25H,9-19H2. The summed E-state index contributed by atoms with van der Waals surface area (Å²) in [6, 6.07) is 18.2. The van der Waals surface area contributed by atoms with Gasteiger partial charge in [0.1, 0.15) is 0 Å². The van der Waals surface area contributed by atoms with Gasteiger partial charge in [0.25, 0.3) is 0 Å². The first-order valence-corrected chi connectivity index (χ1v) is 11.4. The average molecular weight is 389 g/mol. The molecule has 3 heteroatoms. The van der Waals surface area contributed by atoms with E-state index in [1.807, 2.05) is 0 Å². The highest BCUT2D eigenvalue weighted by atomic mass is 16.2. The van der Waals surface area contributed by atoms with Crippen molar-refractivity contribution >= 4 is 5.91 Å². The summed E-state index contributed by atoms with van der Waals surface area (Å²) in [5.74, 6) is 1.07. The summed E-state index contributed by atoms with van der Waals surface area (Å²) in [6.45, 7) is 4.09. The van der Waals surface area contributed by atoms with E-state index in [1.54, 1.807) is 11.1 Å². The molecule has 1 aliphatic carbocycles. The molecule has 0 N–H and O–H groups in total. The van der Waals surface area contributed by atoms with Gasteiger partial charge in [-0.15, -0.1) is 0 Å². The maximum atomic E-state index is 12.8. The predicted octanol–water partition coefficient (Wildman–Crippen LogP) is 4.23. The fourth-order valence-corrected chi connectivity index (χ4v) is 5.59. The highest BCUT2D eigenvalue weighted by molar-refractivity contribution is 5.76. The summed E-state index contributed by atoms with van der Waals surface area (Å²) in [7, 11) is 0. The van der Waals surface area contributed by atoms with E-state index in [1.165, 1.54) is 49.9 Å². The molecule has 5 rings (SSSR count). The number of rotatable bonds is 4. The Balaban J connectivity index is 1.07. The number of hydrogen-bond donors (Lipinski definition) is 0. The smallest absolute Gasteiger partial charge is 0.222 e. The van der Waals surface area contributed by atoms with E-state index in [2.05, 4.69) is 58.3 Å². The van der Waals surface area contributed by atoms with Crippen molar-refractivity contribution in [3.05, 3.63) is 70.8 Å². The molecule has 2 aromatic rings. The third-order valence-corrected chi connectivity index (χ3v) is 7.44. The van der Waals surface area contributed by atoms with Gasteiger partial charge in [0.05, 0.1) is 0 Å². The minimum absolute atomic E-state index is 0.355. The first-order chi connectivity index (χ1) is 14.3. The van der Waals surface area contributed by atoms with Gasteiger partial charge in [0, 0.05) is 25.6 Å². The number of piperidine rings is 1. The minimum atomic E-state index is 0.355. The molecule has 2 aromatic carbocycles. The van der Waals surface area contributed by atoms with E-state index in [4.69, 9.17) is 0 Å². The Bertz CT molecular complexity index is 844. The molecule has 1 fully saturated rings. The van der Waals surface area contributed by atoms with Crippen LogP contribution in [0.4, 0.5) is 0 Å². The van der Waals surface area contributed by atoms with Crippen LogP contribution in [-0.4, -0.2) is 41.4 Å². The molecule has 2 heterocycles. The Morgan fingerprint density at radius 2 is 1.45 bits per heavy atom. The lowest BCUT2D eigenvalue weighted by Gasteiger charge is -2.36. The second-order valence-electron chi connectivity index (χ2n) is 9.18. The maximum absolute atomic E-state index is 12.8. The molecule has 0 radical (unpaired) electrons. The predicted molar refractivity (Wildman–Crippen MR) is 117 cm³/mol. The van der Waals surface area contributed by atoms with Gasteiger partial charge < -0.3 is 4.90 Å². The van der Waals surface area contributed by atoms with Gasteiger partial charge in [0.2, 0.25) is 5.91 Å². The van der Waals surface area contributed by atoms with E-state index in [9.17, 15) is 4.79 Å². The number of likely N-dealkylation sites (tertiary alicyclic amines) is 1. The van der Waals surface area contributed by atoms with Crippen molar-refractivity contribution in [2.75, 3.05) is 19.6 Å². The summed E-state index contributed by atoms with van der Waals surface area (Å²) in [4.78, 5) is 17.6. The lowest BCUT2D eigenvalue weighted by molar-refractivity contribution is -0.132. The highest BCUT2D eigenvalue weighted by Gasteiger charge is 2.30. The molecule has 152 valence electrons. The largest absolute Gasteiger partial charge is 0.338 e. The molecule has 1 amide bonds. The summed E-state index contributed by atoms with van der Waals surface area (Å²) in [6.07, 6.45) is 7.74. The third-order valence-electron chi connectivity index (χ3n) is 7.44. The molecule has 0 bridgehead atoms. The molecular weight excluding hydrogens is 356 g/mol. The van der Waals surface area contributed by atoms with Gasteiger partial charge in [-0.25, -0.2) is 0 Å². The lowest BCUT2D eigenvalue weighted by atomic mass is 9.90. The fourth-order valence-electron chi connectivity index (χ4n) is 5.59. The van der Waals surface area contributed by atoms with Crippen molar-refractivity contribution in [1.29, 1.82) is 0 Å². The zero-order chi connectivity index (χ0) is 19.6. The number of carbonyl (C=O) groups excluding carboxylic acids is 1. The van der Waals surface area contributed by atoms with Gasteiger partial charge in [-0.1, -0.05) is 48.5 Å². The Kier molecular flexibility index (Phi) is 5.41. The topological polar surface area (TPSA) is 23.6 Å². The lowest BCUT2D eigenvalue weighted by Crippen LogP contribution is -2.42. The van der Waals surface area contributed by atoms with Crippen LogP contribution in [0.1, 0.15) is 47.9 Å². The zero-order valence-corrected chi connectivity index (χ0v) is 17.4. The zero-order valence-electron chi connectivity index (χ0n) is 17.4. The minimum Gasteiger partial charge on any atom is -0.338 e. The number of benzene rings is 2. The van der Waals surface area contributed by atoms with E-state index < -0.39 is 0 Å². The van der Waals surface area contributed by atoms with Crippen LogP contribution >= 0.6 is 0 Å². The van der Waals surface area contributed by atoms with Gasteiger partial charge >= 0.3 is 0 Å². The van der Waals surface area contributed by atoms with E-state index in [0.717, 1.165) is 38.3 Å². The summed E-state index contributed by atoms with van der Waals surface area (Å²) in [5.41, 5.74) is 5.85. The van der Waals surface area contributed by atoms with Crippen molar-refractivity contribution in [2.45, 2.75) is 57.5 Å². The van der Waals surface area contributed by atoms with Crippen LogP contribution in [0.2, 0.25) is 0 Å². The molecule has 2 aliphatic heterocycles. The van der Waals surface area contributed by atoms with Crippen LogP contribution in [0.3, 0.4) is 0 Å². The summed E-state index contributed by atoms with van der Waals surface area (Å²) >= 11 is 0. The molecule has 29 heavy (non-hydrogen) atoms. The monoisotopic (exact) mass is 388 g/mol. The van der Waals surface area contributed by atoms with Crippen LogP contribution in [0, 0.1) is 5.92 Å². The van der Waals surface area contributed by atoms with Crippen LogP contribution in [0.25, 0.3) is 0 Å². The third kappa shape index (κ3) is 4.11. The number of fused-ring (bicyclic) bond motifs is 2. The summed E-state index contributed by atoms with van der Waals surface area (Å²) < 4.78 is 0.